The summed E-state index contributed by atoms with van der Waals surface area (Å²) in [5.74, 6) is 0.299. The van der Waals surface area contributed by atoms with Gasteiger partial charge in [0.05, 0.1) is 17.8 Å². The van der Waals surface area contributed by atoms with E-state index in [4.69, 9.17) is 11.6 Å². The normalized spacial score (nSPS) is 20.5. The minimum Gasteiger partial charge on any atom is -0.388 e. The van der Waals surface area contributed by atoms with Gasteiger partial charge in [-0.25, -0.2) is 4.79 Å². The van der Waals surface area contributed by atoms with Crippen molar-refractivity contribution in [2.45, 2.75) is 51.7 Å². The Hall–Kier alpha value is -1.83. The number of urea groups is 1. The Morgan fingerprint density at radius 2 is 1.97 bits per heavy atom. The number of likely N-dealkylation sites (tertiary alicyclic amines) is 1. The fraction of sp³-hybridized carbons (Fsp3) is 0.636. The summed E-state index contributed by atoms with van der Waals surface area (Å²) in [5, 5.41) is 26.4. The largest absolute Gasteiger partial charge is 0.388 e. The summed E-state index contributed by atoms with van der Waals surface area (Å²) in [7, 11) is 0. The van der Waals surface area contributed by atoms with Crippen LogP contribution in [0.25, 0.3) is 10.9 Å². The van der Waals surface area contributed by atoms with E-state index in [-0.39, 0.29) is 17.5 Å². The monoisotopic (exact) mass is 433 g/mol. The smallest absolute Gasteiger partial charge is 0.317 e. The number of carbonyl (C=O) groups is 1. The minimum atomic E-state index is -0.681. The molecule has 4 N–H and O–H groups in total. The average molecular weight is 434 g/mol. The van der Waals surface area contributed by atoms with Crippen molar-refractivity contribution in [1.82, 2.24) is 25.7 Å². The van der Waals surface area contributed by atoms with Crippen LogP contribution in [0.4, 0.5) is 4.79 Å². The highest BCUT2D eigenvalue weighted by Gasteiger charge is 2.40. The van der Waals surface area contributed by atoms with Crippen molar-refractivity contribution in [3.05, 3.63) is 28.9 Å². The fourth-order valence-corrected chi connectivity index (χ4v) is 5.18. The molecule has 0 saturated carbocycles. The molecule has 2 fully saturated rings. The zero-order valence-electron chi connectivity index (χ0n) is 17.7. The number of halogens is 1. The molecule has 2 aliphatic heterocycles. The second-order valence-corrected chi connectivity index (χ2v) is 9.72. The number of hydrogen-bond acceptors (Lipinski definition) is 4. The van der Waals surface area contributed by atoms with E-state index in [1.807, 2.05) is 17.0 Å². The second kappa shape index (κ2) is 8.73. The number of rotatable bonds is 4. The van der Waals surface area contributed by atoms with Crippen molar-refractivity contribution in [2.24, 2.45) is 11.3 Å². The third-order valence-corrected chi connectivity index (χ3v) is 7.26. The zero-order chi connectivity index (χ0) is 21.3. The Bertz CT molecular complexity index is 885. The molecule has 1 aromatic carbocycles. The first-order chi connectivity index (χ1) is 14.4. The molecule has 3 heterocycles. The summed E-state index contributed by atoms with van der Waals surface area (Å²) in [6.45, 7) is 7.57. The Labute approximate surface area is 182 Å². The molecule has 1 unspecified atom stereocenters. The molecule has 8 heteroatoms. The number of hydrogen-bond donors (Lipinski definition) is 4. The lowest BCUT2D eigenvalue weighted by Gasteiger charge is -2.43. The van der Waals surface area contributed by atoms with Crippen LogP contribution in [0.1, 0.15) is 51.2 Å². The number of aliphatic hydroxyl groups excluding tert-OH is 1. The summed E-state index contributed by atoms with van der Waals surface area (Å²) in [6.07, 6.45) is 4.77. The van der Waals surface area contributed by atoms with E-state index in [2.05, 4.69) is 34.7 Å². The summed E-state index contributed by atoms with van der Waals surface area (Å²) in [4.78, 5) is 14.6. The third kappa shape index (κ3) is 4.29. The van der Waals surface area contributed by atoms with Crippen LogP contribution in [-0.4, -0.2) is 58.5 Å². The van der Waals surface area contributed by atoms with Gasteiger partial charge in [0.15, 0.2) is 0 Å². The third-order valence-electron chi connectivity index (χ3n) is 7.04. The lowest BCUT2D eigenvalue weighted by Crippen LogP contribution is -2.51. The van der Waals surface area contributed by atoms with Crippen LogP contribution in [0.15, 0.2) is 18.3 Å². The lowest BCUT2D eigenvalue weighted by molar-refractivity contribution is -0.0144. The number of aliphatic hydroxyl groups is 1. The van der Waals surface area contributed by atoms with Crippen LogP contribution in [0.3, 0.4) is 0 Å². The first kappa shape index (κ1) is 21.4. The van der Waals surface area contributed by atoms with Crippen LogP contribution in [0.5, 0.6) is 0 Å². The Balaban J connectivity index is 1.40. The van der Waals surface area contributed by atoms with Gasteiger partial charge in [-0.05, 0) is 62.2 Å². The van der Waals surface area contributed by atoms with Crippen molar-refractivity contribution in [2.75, 3.05) is 26.2 Å². The van der Waals surface area contributed by atoms with Crippen molar-refractivity contribution in [3.63, 3.8) is 0 Å². The number of carbonyl (C=O) groups excluding carboxylic acids is 1. The minimum absolute atomic E-state index is 0.0488. The molecule has 0 bridgehead atoms. The van der Waals surface area contributed by atoms with Crippen LogP contribution < -0.4 is 10.6 Å². The molecular formula is C22H32ClN5O2. The SMILES string of the molecule is CC(C)(C1CCN(C(=O)NC2CCNCC2)CC1)C(O)c1cc(Cl)cc2cn[nH]c12. The summed E-state index contributed by atoms with van der Waals surface area (Å²) in [5.41, 5.74) is 1.25. The fourth-order valence-electron chi connectivity index (χ4n) is 4.95. The number of nitrogens with one attached hydrogen (secondary N) is 3. The Morgan fingerprint density at radius 3 is 2.67 bits per heavy atom. The summed E-state index contributed by atoms with van der Waals surface area (Å²) >= 11 is 6.29. The highest BCUT2D eigenvalue weighted by Crippen LogP contribution is 2.46. The number of H-pyrrole nitrogens is 1. The summed E-state index contributed by atoms with van der Waals surface area (Å²) in [6, 6.07) is 4.00. The van der Waals surface area contributed by atoms with E-state index in [0.717, 1.165) is 55.2 Å². The molecule has 7 nitrogen and oxygen atoms in total. The molecule has 164 valence electrons. The van der Waals surface area contributed by atoms with Crippen LogP contribution in [0.2, 0.25) is 5.02 Å². The lowest BCUT2D eigenvalue weighted by atomic mass is 9.68. The van der Waals surface area contributed by atoms with Crippen molar-refractivity contribution in [1.29, 1.82) is 0 Å². The van der Waals surface area contributed by atoms with Crippen molar-refractivity contribution < 1.29 is 9.90 Å². The van der Waals surface area contributed by atoms with Crippen molar-refractivity contribution >= 4 is 28.5 Å². The first-order valence-electron chi connectivity index (χ1n) is 10.9. The van der Waals surface area contributed by atoms with Crippen LogP contribution >= 0.6 is 11.6 Å². The van der Waals surface area contributed by atoms with Gasteiger partial charge in [0, 0.05) is 35.1 Å². The van der Waals surface area contributed by atoms with E-state index >= 15 is 0 Å². The van der Waals surface area contributed by atoms with Gasteiger partial charge in [0.25, 0.3) is 0 Å². The number of aromatic amines is 1. The summed E-state index contributed by atoms with van der Waals surface area (Å²) < 4.78 is 0. The van der Waals surface area contributed by atoms with E-state index < -0.39 is 6.10 Å². The maximum absolute atomic E-state index is 12.7. The molecule has 30 heavy (non-hydrogen) atoms. The van der Waals surface area contributed by atoms with Gasteiger partial charge >= 0.3 is 6.03 Å². The predicted octanol–water partition coefficient (Wildman–Crippen LogP) is 3.45. The Morgan fingerprint density at radius 1 is 1.27 bits per heavy atom. The number of benzene rings is 1. The molecule has 1 atom stereocenters. The van der Waals surface area contributed by atoms with Gasteiger partial charge in [0.2, 0.25) is 0 Å². The molecule has 2 aliphatic rings. The number of piperidine rings is 2. The van der Waals surface area contributed by atoms with Gasteiger partial charge < -0.3 is 20.6 Å². The van der Waals surface area contributed by atoms with E-state index in [9.17, 15) is 9.90 Å². The first-order valence-corrected chi connectivity index (χ1v) is 11.3. The molecule has 0 aliphatic carbocycles. The highest BCUT2D eigenvalue weighted by atomic mass is 35.5. The topological polar surface area (TPSA) is 93.3 Å². The van der Waals surface area contributed by atoms with Crippen LogP contribution in [0, 0.1) is 11.3 Å². The molecule has 2 saturated heterocycles. The van der Waals surface area contributed by atoms with Crippen molar-refractivity contribution in [3.8, 4) is 0 Å². The number of fused-ring (bicyclic) bond motifs is 1. The molecule has 1 aromatic heterocycles. The number of aromatic nitrogens is 2. The maximum atomic E-state index is 12.7. The molecule has 0 spiro atoms. The van der Waals surface area contributed by atoms with Gasteiger partial charge in [0.1, 0.15) is 0 Å². The van der Waals surface area contributed by atoms with E-state index in [1.165, 1.54) is 0 Å². The molecule has 0 radical (unpaired) electrons. The molecule has 2 aromatic rings. The Kier molecular flexibility index (Phi) is 6.23. The standard InChI is InChI=1S/C22H32ClN5O2/c1-22(2,20(29)18-12-16(23)11-14-13-25-27-19(14)18)15-5-9-28(10-6-15)21(30)26-17-3-7-24-8-4-17/h11-13,15,17,20,24,29H,3-10H2,1-2H3,(H,25,27)(H,26,30). The van der Waals surface area contributed by atoms with Gasteiger partial charge in [-0.3, -0.25) is 5.10 Å². The number of nitrogens with zero attached hydrogens (tertiary/aromatic N) is 2. The van der Waals surface area contributed by atoms with Crippen LogP contribution in [-0.2, 0) is 0 Å². The molecule has 2 amide bonds. The molecular weight excluding hydrogens is 402 g/mol. The average Bonchev–Trinajstić information content (AvgIpc) is 3.21. The van der Waals surface area contributed by atoms with E-state index in [1.54, 1.807) is 6.20 Å². The van der Waals surface area contributed by atoms with E-state index in [0.29, 0.717) is 24.0 Å². The maximum Gasteiger partial charge on any atom is 0.317 e. The van der Waals surface area contributed by atoms with Gasteiger partial charge in [-0.1, -0.05) is 25.4 Å². The highest BCUT2D eigenvalue weighted by molar-refractivity contribution is 6.31. The van der Waals surface area contributed by atoms with Gasteiger partial charge in [-0.2, -0.15) is 5.10 Å². The molecule has 4 rings (SSSR count). The van der Waals surface area contributed by atoms with Gasteiger partial charge in [-0.15, -0.1) is 0 Å². The number of amides is 2. The zero-order valence-corrected chi connectivity index (χ0v) is 18.5. The quantitative estimate of drug-likeness (QED) is 0.594. The predicted molar refractivity (Wildman–Crippen MR) is 119 cm³/mol. The second-order valence-electron chi connectivity index (χ2n) is 9.29.